The molecule has 40 heavy (non-hydrogen) atoms. The van der Waals surface area contributed by atoms with E-state index in [0.717, 1.165) is 50.8 Å². The summed E-state index contributed by atoms with van der Waals surface area (Å²) >= 11 is 0. The molecule has 2 heteroatoms. The van der Waals surface area contributed by atoms with Crippen LogP contribution in [0.5, 0.6) is 5.75 Å². The van der Waals surface area contributed by atoms with Gasteiger partial charge in [0, 0.05) is 33.4 Å². The normalized spacial score (nSPS) is 19.8. The molecule has 0 aromatic heterocycles. The molecule has 0 amide bonds. The zero-order valence-corrected chi connectivity index (χ0v) is 21.9. The Morgan fingerprint density at radius 3 is 2.12 bits per heavy atom. The number of allylic oxidation sites excluding steroid dienone is 6. The molecule has 190 valence electrons. The van der Waals surface area contributed by atoms with Gasteiger partial charge in [-0.05, 0) is 47.1 Å². The summed E-state index contributed by atoms with van der Waals surface area (Å²) in [5.74, 6) is 0.852. The third kappa shape index (κ3) is 3.94. The van der Waals surface area contributed by atoms with Gasteiger partial charge in [-0.15, -0.1) is 5.73 Å². The van der Waals surface area contributed by atoms with E-state index in [4.69, 9.17) is 4.74 Å². The third-order valence-corrected chi connectivity index (χ3v) is 7.68. The Morgan fingerprint density at radius 2 is 1.38 bits per heavy atom. The van der Waals surface area contributed by atoms with Crippen LogP contribution in [0.2, 0.25) is 0 Å². The van der Waals surface area contributed by atoms with E-state index in [-0.39, 0.29) is 5.78 Å². The van der Waals surface area contributed by atoms with Crippen LogP contribution in [0.25, 0.3) is 22.4 Å². The maximum atomic E-state index is 13.1. The lowest BCUT2D eigenvalue weighted by Crippen LogP contribution is -2.46. The highest BCUT2D eigenvalue weighted by Crippen LogP contribution is 2.53. The molecule has 0 atom stereocenters. The Balaban J connectivity index is 1.39. The van der Waals surface area contributed by atoms with Crippen LogP contribution in [0.1, 0.15) is 33.5 Å². The van der Waals surface area contributed by atoms with Crippen molar-refractivity contribution in [1.29, 1.82) is 0 Å². The number of ketones is 1. The molecule has 1 aliphatic heterocycles. The predicted octanol–water partition coefficient (Wildman–Crippen LogP) is 8.84. The maximum Gasteiger partial charge on any atom is 0.199 e. The predicted molar refractivity (Wildman–Crippen MR) is 163 cm³/mol. The summed E-state index contributed by atoms with van der Waals surface area (Å²) < 4.78 is 7.03. The smallest absolute Gasteiger partial charge is 0.199 e. The van der Waals surface area contributed by atoms with Crippen molar-refractivity contribution < 1.29 is 9.53 Å². The van der Waals surface area contributed by atoms with E-state index in [2.05, 4.69) is 96.8 Å². The number of ether oxygens (including phenoxy) is 1. The summed E-state index contributed by atoms with van der Waals surface area (Å²) in [7, 11) is 0. The van der Waals surface area contributed by atoms with Crippen LogP contribution in [0, 0.1) is 0 Å². The van der Waals surface area contributed by atoms with Crippen molar-refractivity contribution in [3.05, 3.63) is 179 Å². The highest BCUT2D eigenvalue weighted by atomic mass is 16.5. The number of carbonyl (C=O) groups is 1. The second-order valence-electron chi connectivity index (χ2n) is 10.1. The van der Waals surface area contributed by atoms with Gasteiger partial charge in [0.1, 0.15) is 5.75 Å². The fourth-order valence-electron chi connectivity index (χ4n) is 5.64. The number of hydrogen-bond acceptors (Lipinski definition) is 2. The zero-order chi connectivity index (χ0) is 26.9. The highest BCUT2D eigenvalue weighted by Gasteiger charge is 2.50. The van der Waals surface area contributed by atoms with Crippen LogP contribution in [-0.2, 0) is 0 Å². The summed E-state index contributed by atoms with van der Waals surface area (Å²) in [6, 6.07) is 29.9. The van der Waals surface area contributed by atoms with Crippen LogP contribution in [0.3, 0.4) is 0 Å². The number of hydrogen-bond donors (Lipinski definition) is 0. The van der Waals surface area contributed by atoms with E-state index >= 15 is 0 Å². The van der Waals surface area contributed by atoms with E-state index < -0.39 is 5.60 Å². The Hall–Kier alpha value is -5.17. The number of benzene rings is 4. The van der Waals surface area contributed by atoms with Gasteiger partial charge in [0.05, 0.1) is 0 Å². The average molecular weight is 515 g/mol. The van der Waals surface area contributed by atoms with Crippen molar-refractivity contribution in [1.82, 2.24) is 0 Å². The van der Waals surface area contributed by atoms with E-state index in [9.17, 15) is 4.79 Å². The van der Waals surface area contributed by atoms with Crippen molar-refractivity contribution in [3.8, 4) is 5.75 Å². The number of carbonyl (C=O) groups excluding carboxylic acids is 1. The molecular formula is C38H26O2. The molecule has 1 heterocycles. The Morgan fingerprint density at radius 1 is 0.700 bits per heavy atom. The van der Waals surface area contributed by atoms with Crippen molar-refractivity contribution in [2.75, 3.05) is 0 Å². The third-order valence-electron chi connectivity index (χ3n) is 7.68. The lowest BCUT2D eigenvalue weighted by molar-refractivity contribution is 0.103. The molecule has 2 aliphatic carbocycles. The Labute approximate surface area is 233 Å². The van der Waals surface area contributed by atoms with Crippen LogP contribution in [0.15, 0.2) is 156 Å². The lowest BCUT2D eigenvalue weighted by Gasteiger charge is -2.44. The molecule has 2 nitrogen and oxygen atoms in total. The number of rotatable bonds is 3. The quantitative estimate of drug-likeness (QED) is 0.202. The van der Waals surface area contributed by atoms with Crippen LogP contribution in [0.4, 0.5) is 0 Å². The molecule has 4 aromatic rings. The second kappa shape index (κ2) is 9.85. The minimum Gasteiger partial charge on any atom is -0.471 e. The molecule has 2 bridgehead atoms. The largest absolute Gasteiger partial charge is 0.471 e. The van der Waals surface area contributed by atoms with Crippen LogP contribution >= 0.6 is 0 Å². The Kier molecular flexibility index (Phi) is 5.89. The molecule has 7 rings (SSSR count). The van der Waals surface area contributed by atoms with Gasteiger partial charge in [-0.1, -0.05) is 121 Å². The summed E-state index contributed by atoms with van der Waals surface area (Å²) in [6.07, 6.45) is 19.8. The fourth-order valence-corrected chi connectivity index (χ4v) is 5.64. The molecule has 0 radical (unpaired) electrons. The Bertz CT molecular complexity index is 1840. The van der Waals surface area contributed by atoms with Crippen molar-refractivity contribution in [2.24, 2.45) is 0 Å². The molecule has 3 aliphatic rings. The van der Waals surface area contributed by atoms with Gasteiger partial charge < -0.3 is 4.74 Å². The lowest BCUT2D eigenvalue weighted by atomic mass is 9.68. The number of fused-ring (bicyclic) bond motifs is 5. The van der Waals surface area contributed by atoms with E-state index in [1.54, 1.807) is 0 Å². The fraction of sp³-hybridized carbons (Fsp3) is 0.0526. The summed E-state index contributed by atoms with van der Waals surface area (Å²) in [6.45, 7) is 0. The molecule has 4 aromatic carbocycles. The van der Waals surface area contributed by atoms with E-state index in [1.165, 1.54) is 0 Å². The van der Waals surface area contributed by atoms with Gasteiger partial charge >= 0.3 is 0 Å². The minimum absolute atomic E-state index is 0.00999. The topological polar surface area (TPSA) is 26.3 Å². The SMILES string of the molecule is O=C(c1ccccc1)c1ccc(C2=Cc3c(ccc4ccccc34)OC23C2=C=C3/C=C\C=C/C/C=C\C=C/2)cc1. The standard InChI is InChI=1S/C38H26O2/c39-37(29-14-7-6-8-15-29)30-21-19-28(20-22-30)35-26-34-33-18-12-11-13-27(33)23-24-36(34)40-38(35)31-16-9-4-2-1-3-5-10-17-32(38)25-31/h2-24,26H,1H2/b4-2-,5-3-,16-9-,17-10-. The molecule has 1 spiro atoms. The molecular weight excluding hydrogens is 488 g/mol. The first kappa shape index (κ1) is 23.9. The van der Waals surface area contributed by atoms with Gasteiger partial charge in [-0.3, -0.25) is 4.79 Å². The summed E-state index contributed by atoms with van der Waals surface area (Å²) in [5.41, 5.74) is 9.10. The minimum atomic E-state index is -0.811. The average Bonchev–Trinajstić information content (AvgIpc) is 3.00. The van der Waals surface area contributed by atoms with Gasteiger partial charge in [0.2, 0.25) is 0 Å². The van der Waals surface area contributed by atoms with Gasteiger partial charge in [0.15, 0.2) is 11.4 Å². The monoisotopic (exact) mass is 514 g/mol. The highest BCUT2D eigenvalue weighted by molar-refractivity contribution is 6.09. The summed E-state index contributed by atoms with van der Waals surface area (Å²) in [4.78, 5) is 13.1. The molecule has 0 unspecified atom stereocenters. The van der Waals surface area contributed by atoms with Crippen molar-refractivity contribution >= 4 is 28.2 Å². The van der Waals surface area contributed by atoms with E-state index in [0.29, 0.717) is 11.1 Å². The molecule has 0 saturated heterocycles. The second-order valence-corrected chi connectivity index (χ2v) is 10.1. The molecule has 0 saturated carbocycles. The van der Waals surface area contributed by atoms with Gasteiger partial charge in [-0.2, -0.15) is 0 Å². The first-order valence-corrected chi connectivity index (χ1v) is 13.6. The van der Waals surface area contributed by atoms with Crippen LogP contribution in [-0.4, -0.2) is 11.4 Å². The first-order valence-electron chi connectivity index (χ1n) is 13.6. The van der Waals surface area contributed by atoms with Crippen LogP contribution < -0.4 is 4.74 Å². The first-order chi connectivity index (χ1) is 19.7. The van der Waals surface area contributed by atoms with Gasteiger partial charge in [-0.25, -0.2) is 0 Å². The van der Waals surface area contributed by atoms with E-state index in [1.807, 2.05) is 54.6 Å². The molecule has 0 fully saturated rings. The zero-order valence-electron chi connectivity index (χ0n) is 21.9. The summed E-state index contributed by atoms with van der Waals surface area (Å²) in [5, 5.41) is 2.31. The van der Waals surface area contributed by atoms with Crippen molar-refractivity contribution in [2.45, 2.75) is 12.0 Å². The van der Waals surface area contributed by atoms with Crippen molar-refractivity contribution in [3.63, 3.8) is 0 Å². The van der Waals surface area contributed by atoms with Gasteiger partial charge in [0.25, 0.3) is 0 Å². The molecule has 0 N–H and O–H groups in total. The maximum absolute atomic E-state index is 13.1.